The Kier molecular flexibility index (Phi) is 6.16. The minimum absolute atomic E-state index is 0.0285. The molecule has 0 fully saturated rings. The molecule has 0 saturated carbocycles. The summed E-state index contributed by atoms with van der Waals surface area (Å²) in [5.74, 6) is 0.748. The molecule has 4 heteroatoms. The van der Waals surface area contributed by atoms with Gasteiger partial charge in [-0.25, -0.2) is 0 Å². The highest BCUT2D eigenvalue weighted by atomic mass is 35.5. The standard InChI is InChI=1S/C14H21ClN2O/c1-10(2)7-11(9-16)8-14(18)17-13-6-4-3-5-12(13)15/h3-6,10-11H,7-9,16H2,1-2H3,(H,17,18)/t11-/m0/s1. The molecule has 0 aliphatic rings. The van der Waals surface area contributed by atoms with E-state index in [-0.39, 0.29) is 11.8 Å². The van der Waals surface area contributed by atoms with E-state index in [0.29, 0.717) is 29.6 Å². The van der Waals surface area contributed by atoms with Crippen molar-refractivity contribution in [1.82, 2.24) is 0 Å². The van der Waals surface area contributed by atoms with Crippen LogP contribution in [0.15, 0.2) is 24.3 Å². The Labute approximate surface area is 114 Å². The number of rotatable bonds is 6. The van der Waals surface area contributed by atoms with Gasteiger partial charge in [-0.3, -0.25) is 4.79 Å². The quantitative estimate of drug-likeness (QED) is 0.832. The van der Waals surface area contributed by atoms with E-state index in [2.05, 4.69) is 19.2 Å². The second-order valence-corrected chi connectivity index (χ2v) is 5.37. The van der Waals surface area contributed by atoms with E-state index in [1.165, 1.54) is 0 Å². The molecular formula is C14H21ClN2O. The minimum atomic E-state index is -0.0285. The number of para-hydroxylation sites is 1. The SMILES string of the molecule is CC(C)C[C@H](CN)CC(=O)Nc1ccccc1Cl. The number of nitrogens with one attached hydrogen (secondary N) is 1. The maximum absolute atomic E-state index is 11.9. The average Bonchev–Trinajstić information content (AvgIpc) is 2.30. The van der Waals surface area contributed by atoms with Crippen LogP contribution in [-0.2, 0) is 4.79 Å². The van der Waals surface area contributed by atoms with Gasteiger partial charge in [-0.2, -0.15) is 0 Å². The van der Waals surface area contributed by atoms with Gasteiger partial charge in [-0.1, -0.05) is 37.6 Å². The lowest BCUT2D eigenvalue weighted by Crippen LogP contribution is -2.23. The van der Waals surface area contributed by atoms with E-state index in [0.717, 1.165) is 6.42 Å². The first-order chi connectivity index (χ1) is 8.52. The van der Waals surface area contributed by atoms with Crippen molar-refractivity contribution < 1.29 is 4.79 Å². The van der Waals surface area contributed by atoms with Crippen LogP contribution in [0.2, 0.25) is 5.02 Å². The van der Waals surface area contributed by atoms with Gasteiger partial charge in [0.25, 0.3) is 0 Å². The highest BCUT2D eigenvalue weighted by molar-refractivity contribution is 6.33. The molecule has 3 N–H and O–H groups in total. The number of hydrogen-bond acceptors (Lipinski definition) is 2. The van der Waals surface area contributed by atoms with Gasteiger partial charge >= 0.3 is 0 Å². The molecule has 0 radical (unpaired) electrons. The number of anilines is 1. The first-order valence-electron chi connectivity index (χ1n) is 6.27. The van der Waals surface area contributed by atoms with E-state index in [4.69, 9.17) is 17.3 Å². The van der Waals surface area contributed by atoms with Gasteiger partial charge < -0.3 is 11.1 Å². The van der Waals surface area contributed by atoms with Crippen LogP contribution in [0.4, 0.5) is 5.69 Å². The zero-order valence-corrected chi connectivity index (χ0v) is 11.7. The average molecular weight is 269 g/mol. The molecule has 1 aromatic rings. The van der Waals surface area contributed by atoms with Crippen molar-refractivity contribution in [2.24, 2.45) is 17.6 Å². The van der Waals surface area contributed by atoms with Gasteiger partial charge in [0, 0.05) is 6.42 Å². The van der Waals surface area contributed by atoms with E-state index in [1.54, 1.807) is 12.1 Å². The largest absolute Gasteiger partial charge is 0.330 e. The van der Waals surface area contributed by atoms with Crippen molar-refractivity contribution in [1.29, 1.82) is 0 Å². The number of hydrogen-bond donors (Lipinski definition) is 2. The Bertz CT molecular complexity index is 393. The molecule has 3 nitrogen and oxygen atoms in total. The zero-order valence-electron chi connectivity index (χ0n) is 10.9. The Balaban J connectivity index is 2.53. The maximum atomic E-state index is 11.9. The molecule has 1 atom stereocenters. The normalized spacial score (nSPS) is 12.5. The topological polar surface area (TPSA) is 55.1 Å². The van der Waals surface area contributed by atoms with E-state index >= 15 is 0 Å². The minimum Gasteiger partial charge on any atom is -0.330 e. The fraction of sp³-hybridized carbons (Fsp3) is 0.500. The first-order valence-corrected chi connectivity index (χ1v) is 6.65. The summed E-state index contributed by atoms with van der Waals surface area (Å²) in [6.07, 6.45) is 1.41. The summed E-state index contributed by atoms with van der Waals surface area (Å²) in [6.45, 7) is 4.80. The maximum Gasteiger partial charge on any atom is 0.224 e. The van der Waals surface area contributed by atoms with Gasteiger partial charge in [0.05, 0.1) is 10.7 Å². The molecule has 0 heterocycles. The summed E-state index contributed by atoms with van der Waals surface area (Å²) < 4.78 is 0. The van der Waals surface area contributed by atoms with Gasteiger partial charge in [0.1, 0.15) is 0 Å². The van der Waals surface area contributed by atoms with Crippen LogP contribution < -0.4 is 11.1 Å². The first kappa shape index (κ1) is 15.0. The fourth-order valence-corrected chi connectivity index (χ4v) is 2.14. The molecule has 0 aliphatic heterocycles. The van der Waals surface area contributed by atoms with Crippen molar-refractivity contribution in [2.45, 2.75) is 26.7 Å². The number of carbonyl (C=O) groups excluding carboxylic acids is 1. The summed E-state index contributed by atoms with van der Waals surface area (Å²) in [5.41, 5.74) is 6.34. The van der Waals surface area contributed by atoms with Crippen LogP contribution in [0.1, 0.15) is 26.7 Å². The summed E-state index contributed by atoms with van der Waals surface area (Å²) >= 11 is 5.98. The molecule has 0 spiro atoms. The van der Waals surface area contributed by atoms with Crippen LogP contribution in [0.5, 0.6) is 0 Å². The molecule has 1 rings (SSSR count). The number of amides is 1. The number of halogens is 1. The van der Waals surface area contributed by atoms with E-state index in [1.807, 2.05) is 12.1 Å². The van der Waals surface area contributed by atoms with Crippen LogP contribution >= 0.6 is 11.6 Å². The fourth-order valence-electron chi connectivity index (χ4n) is 1.96. The molecule has 18 heavy (non-hydrogen) atoms. The Hall–Kier alpha value is -1.06. The molecule has 0 saturated heterocycles. The predicted molar refractivity (Wildman–Crippen MR) is 76.7 cm³/mol. The molecule has 100 valence electrons. The molecular weight excluding hydrogens is 248 g/mol. The lowest BCUT2D eigenvalue weighted by molar-refractivity contribution is -0.117. The van der Waals surface area contributed by atoms with Crippen molar-refractivity contribution in [3.8, 4) is 0 Å². The van der Waals surface area contributed by atoms with E-state index in [9.17, 15) is 4.79 Å². The summed E-state index contributed by atoms with van der Waals surface area (Å²) in [6, 6.07) is 7.22. The second-order valence-electron chi connectivity index (χ2n) is 4.96. The third kappa shape index (κ3) is 5.07. The van der Waals surface area contributed by atoms with E-state index < -0.39 is 0 Å². The van der Waals surface area contributed by atoms with Crippen LogP contribution in [0, 0.1) is 11.8 Å². The monoisotopic (exact) mass is 268 g/mol. The Morgan fingerprint density at radius 3 is 2.61 bits per heavy atom. The van der Waals surface area contributed by atoms with Crippen LogP contribution in [-0.4, -0.2) is 12.5 Å². The highest BCUT2D eigenvalue weighted by Crippen LogP contribution is 2.21. The van der Waals surface area contributed by atoms with Crippen LogP contribution in [0.25, 0.3) is 0 Å². The molecule has 0 aliphatic carbocycles. The third-order valence-electron chi connectivity index (χ3n) is 2.76. The summed E-state index contributed by atoms with van der Waals surface area (Å²) in [7, 11) is 0. The van der Waals surface area contributed by atoms with Crippen molar-refractivity contribution >= 4 is 23.2 Å². The molecule has 0 bridgehead atoms. The lowest BCUT2D eigenvalue weighted by atomic mass is 9.94. The molecule has 1 amide bonds. The number of benzene rings is 1. The second kappa shape index (κ2) is 7.39. The molecule has 0 unspecified atom stereocenters. The molecule has 1 aromatic carbocycles. The smallest absolute Gasteiger partial charge is 0.224 e. The Morgan fingerprint density at radius 2 is 2.06 bits per heavy atom. The van der Waals surface area contributed by atoms with Crippen molar-refractivity contribution in [2.75, 3.05) is 11.9 Å². The lowest BCUT2D eigenvalue weighted by Gasteiger charge is -2.16. The van der Waals surface area contributed by atoms with Crippen molar-refractivity contribution in [3.05, 3.63) is 29.3 Å². The van der Waals surface area contributed by atoms with Crippen LogP contribution in [0.3, 0.4) is 0 Å². The predicted octanol–water partition coefficient (Wildman–Crippen LogP) is 3.29. The summed E-state index contributed by atoms with van der Waals surface area (Å²) in [4.78, 5) is 11.9. The summed E-state index contributed by atoms with van der Waals surface area (Å²) in [5, 5.41) is 3.38. The highest BCUT2D eigenvalue weighted by Gasteiger charge is 2.14. The van der Waals surface area contributed by atoms with Gasteiger partial charge in [-0.05, 0) is 36.9 Å². The molecule has 0 aromatic heterocycles. The van der Waals surface area contributed by atoms with Gasteiger partial charge in [-0.15, -0.1) is 0 Å². The number of carbonyl (C=O) groups is 1. The van der Waals surface area contributed by atoms with Crippen molar-refractivity contribution in [3.63, 3.8) is 0 Å². The van der Waals surface area contributed by atoms with Gasteiger partial charge in [0.2, 0.25) is 5.91 Å². The van der Waals surface area contributed by atoms with Gasteiger partial charge in [0.15, 0.2) is 0 Å². The Morgan fingerprint density at radius 1 is 1.39 bits per heavy atom. The number of nitrogens with two attached hydrogens (primary N) is 1. The zero-order chi connectivity index (χ0) is 13.5. The third-order valence-corrected chi connectivity index (χ3v) is 3.09.